The fourth-order valence-corrected chi connectivity index (χ4v) is 3.24. The van der Waals surface area contributed by atoms with Crippen LogP contribution in [-0.4, -0.2) is 41.0 Å². The Morgan fingerprint density at radius 1 is 1.00 bits per heavy atom. The number of non-ortho nitro benzene ring substituents is 1. The van der Waals surface area contributed by atoms with Crippen molar-refractivity contribution in [2.75, 3.05) is 7.11 Å². The van der Waals surface area contributed by atoms with E-state index in [1.165, 1.54) is 49.6 Å². The molecule has 1 atom stereocenters. The molecular formula is C26H23N3O7. The van der Waals surface area contributed by atoms with Crippen LogP contribution >= 0.6 is 0 Å². The molecule has 3 aromatic carbocycles. The predicted molar refractivity (Wildman–Crippen MR) is 131 cm³/mol. The van der Waals surface area contributed by atoms with E-state index in [2.05, 4.69) is 10.6 Å². The first-order valence-electron chi connectivity index (χ1n) is 10.8. The fourth-order valence-electron chi connectivity index (χ4n) is 3.24. The molecule has 2 amide bonds. The number of carbonyl (C=O) groups excluding carboxylic acids is 2. The van der Waals surface area contributed by atoms with Crippen LogP contribution < -0.4 is 15.4 Å². The first-order chi connectivity index (χ1) is 17.3. The van der Waals surface area contributed by atoms with E-state index in [9.17, 15) is 29.6 Å². The molecule has 0 saturated carbocycles. The Hall–Kier alpha value is -4.99. The maximum Gasteiger partial charge on any atom is 0.326 e. The number of rotatable bonds is 10. The van der Waals surface area contributed by atoms with Crippen molar-refractivity contribution >= 4 is 29.5 Å². The van der Waals surface area contributed by atoms with Crippen molar-refractivity contribution < 1.29 is 29.2 Å². The van der Waals surface area contributed by atoms with E-state index < -0.39 is 28.7 Å². The quantitative estimate of drug-likeness (QED) is 0.225. The topological polar surface area (TPSA) is 148 Å². The summed E-state index contributed by atoms with van der Waals surface area (Å²) in [4.78, 5) is 48.1. The molecular weight excluding hydrogens is 466 g/mol. The lowest BCUT2D eigenvalue weighted by Crippen LogP contribution is -2.45. The molecule has 0 unspecified atom stereocenters. The van der Waals surface area contributed by atoms with Gasteiger partial charge >= 0.3 is 5.97 Å². The van der Waals surface area contributed by atoms with E-state index in [1.807, 2.05) is 0 Å². The average molecular weight is 489 g/mol. The molecule has 0 aliphatic rings. The number of nitrogens with one attached hydrogen (secondary N) is 2. The summed E-state index contributed by atoms with van der Waals surface area (Å²) >= 11 is 0. The molecule has 10 nitrogen and oxygen atoms in total. The van der Waals surface area contributed by atoms with E-state index >= 15 is 0 Å². The van der Waals surface area contributed by atoms with Gasteiger partial charge in [-0.05, 0) is 53.6 Å². The van der Waals surface area contributed by atoms with Crippen molar-refractivity contribution in [2.45, 2.75) is 12.5 Å². The minimum absolute atomic E-state index is 0.0269. The Kier molecular flexibility index (Phi) is 8.49. The second kappa shape index (κ2) is 11.9. The maximum absolute atomic E-state index is 13.1. The molecule has 0 aliphatic carbocycles. The number of carboxylic acid groups (broad SMARTS) is 1. The largest absolute Gasteiger partial charge is 0.497 e. The standard InChI is InChI=1S/C26H23N3O7/c1-36-21-13-9-19(10-14-21)24(30)27-22(15-18-7-11-20(12-8-18)29(34)35)25(31)28-23(26(32)33)16-17-5-3-2-4-6-17/h2-15,23H,16H2,1H3,(H,27,30)(H,28,31)(H,32,33)/b22-15-/t23-/m0/s1. The number of benzene rings is 3. The normalized spacial score (nSPS) is 11.8. The van der Waals surface area contributed by atoms with Crippen LogP contribution in [0.15, 0.2) is 84.6 Å². The van der Waals surface area contributed by atoms with Crippen molar-refractivity contribution in [3.05, 3.63) is 111 Å². The summed E-state index contributed by atoms with van der Waals surface area (Å²) in [5.74, 6) is -2.16. The Bertz CT molecular complexity index is 1270. The van der Waals surface area contributed by atoms with Gasteiger partial charge in [-0.2, -0.15) is 0 Å². The van der Waals surface area contributed by atoms with Gasteiger partial charge in [0.2, 0.25) is 0 Å². The van der Waals surface area contributed by atoms with Gasteiger partial charge in [0.15, 0.2) is 0 Å². The summed E-state index contributed by atoms with van der Waals surface area (Å²) in [6, 6.07) is 19.0. The summed E-state index contributed by atoms with van der Waals surface area (Å²) in [6.45, 7) is 0. The molecule has 0 saturated heterocycles. The highest BCUT2D eigenvalue weighted by atomic mass is 16.6. The van der Waals surface area contributed by atoms with Gasteiger partial charge in [-0.1, -0.05) is 30.3 Å². The number of amides is 2. The minimum atomic E-state index is -1.27. The number of nitro groups is 1. The van der Waals surface area contributed by atoms with Gasteiger partial charge in [0.1, 0.15) is 17.5 Å². The summed E-state index contributed by atoms with van der Waals surface area (Å²) in [7, 11) is 1.48. The van der Waals surface area contributed by atoms with Crippen LogP contribution in [0.3, 0.4) is 0 Å². The third-order valence-corrected chi connectivity index (χ3v) is 5.15. The number of aliphatic carboxylic acids is 1. The molecule has 0 bridgehead atoms. The van der Waals surface area contributed by atoms with Crippen molar-refractivity contribution in [1.82, 2.24) is 10.6 Å². The number of nitro benzene ring substituents is 1. The van der Waals surface area contributed by atoms with Crippen LogP contribution in [0.5, 0.6) is 5.75 Å². The van der Waals surface area contributed by atoms with Crippen molar-refractivity contribution in [1.29, 1.82) is 0 Å². The Balaban J connectivity index is 1.88. The molecule has 0 spiro atoms. The van der Waals surface area contributed by atoms with Gasteiger partial charge in [0.25, 0.3) is 17.5 Å². The maximum atomic E-state index is 13.1. The second-order valence-corrected chi connectivity index (χ2v) is 7.64. The molecule has 36 heavy (non-hydrogen) atoms. The zero-order chi connectivity index (χ0) is 26.1. The van der Waals surface area contributed by atoms with E-state index in [0.29, 0.717) is 16.9 Å². The summed E-state index contributed by atoms with van der Waals surface area (Å²) in [5, 5.41) is 25.5. The zero-order valence-electron chi connectivity index (χ0n) is 19.2. The highest BCUT2D eigenvalue weighted by Gasteiger charge is 2.23. The van der Waals surface area contributed by atoms with Crippen LogP contribution in [0, 0.1) is 10.1 Å². The number of ether oxygens (including phenoxy) is 1. The van der Waals surface area contributed by atoms with Gasteiger partial charge in [-0.15, -0.1) is 0 Å². The van der Waals surface area contributed by atoms with Gasteiger partial charge < -0.3 is 20.5 Å². The summed E-state index contributed by atoms with van der Waals surface area (Å²) in [6.07, 6.45) is 1.33. The van der Waals surface area contributed by atoms with Gasteiger partial charge in [-0.25, -0.2) is 4.79 Å². The first kappa shape index (κ1) is 25.6. The van der Waals surface area contributed by atoms with Crippen LogP contribution in [0.25, 0.3) is 6.08 Å². The van der Waals surface area contributed by atoms with Gasteiger partial charge in [0, 0.05) is 24.1 Å². The van der Waals surface area contributed by atoms with Crippen LogP contribution in [-0.2, 0) is 16.0 Å². The molecule has 0 radical (unpaired) electrons. The number of carbonyl (C=O) groups is 3. The second-order valence-electron chi connectivity index (χ2n) is 7.64. The smallest absolute Gasteiger partial charge is 0.326 e. The van der Waals surface area contributed by atoms with Crippen LogP contribution in [0.2, 0.25) is 0 Å². The molecule has 0 fully saturated rings. The van der Waals surface area contributed by atoms with Crippen molar-refractivity contribution in [3.8, 4) is 5.75 Å². The lowest BCUT2D eigenvalue weighted by atomic mass is 10.1. The number of hydrogen-bond donors (Lipinski definition) is 3. The number of methoxy groups -OCH3 is 1. The molecule has 0 aromatic heterocycles. The predicted octanol–water partition coefficient (Wildman–Crippen LogP) is 3.19. The van der Waals surface area contributed by atoms with E-state index in [-0.39, 0.29) is 23.4 Å². The molecule has 3 rings (SSSR count). The summed E-state index contributed by atoms with van der Waals surface area (Å²) in [5.41, 5.74) is 0.944. The van der Waals surface area contributed by atoms with Crippen molar-refractivity contribution in [3.63, 3.8) is 0 Å². The third kappa shape index (κ3) is 7.00. The summed E-state index contributed by atoms with van der Waals surface area (Å²) < 4.78 is 5.08. The third-order valence-electron chi connectivity index (χ3n) is 5.15. The van der Waals surface area contributed by atoms with Crippen LogP contribution in [0.1, 0.15) is 21.5 Å². The monoisotopic (exact) mass is 489 g/mol. The molecule has 10 heteroatoms. The minimum Gasteiger partial charge on any atom is -0.497 e. The first-order valence-corrected chi connectivity index (χ1v) is 10.8. The number of hydrogen-bond acceptors (Lipinski definition) is 6. The SMILES string of the molecule is COc1ccc(C(=O)N/C(=C\c2ccc([N+](=O)[O-])cc2)C(=O)N[C@@H](Cc2ccccc2)C(=O)O)cc1. The molecule has 0 heterocycles. The highest BCUT2D eigenvalue weighted by Crippen LogP contribution is 2.16. The molecule has 184 valence electrons. The Morgan fingerprint density at radius 2 is 1.64 bits per heavy atom. The lowest BCUT2D eigenvalue weighted by molar-refractivity contribution is -0.384. The van der Waals surface area contributed by atoms with E-state index in [0.717, 1.165) is 0 Å². The van der Waals surface area contributed by atoms with E-state index in [4.69, 9.17) is 4.74 Å². The lowest BCUT2D eigenvalue weighted by Gasteiger charge is -2.17. The van der Waals surface area contributed by atoms with E-state index in [1.54, 1.807) is 42.5 Å². The van der Waals surface area contributed by atoms with Gasteiger partial charge in [-0.3, -0.25) is 19.7 Å². The average Bonchev–Trinajstić information content (AvgIpc) is 2.88. The Morgan fingerprint density at radius 3 is 2.19 bits per heavy atom. The zero-order valence-corrected chi connectivity index (χ0v) is 19.2. The van der Waals surface area contributed by atoms with Gasteiger partial charge in [0.05, 0.1) is 12.0 Å². The molecule has 0 aliphatic heterocycles. The highest BCUT2D eigenvalue weighted by molar-refractivity contribution is 6.06. The van der Waals surface area contributed by atoms with Crippen molar-refractivity contribution in [2.24, 2.45) is 0 Å². The molecule has 3 N–H and O–H groups in total. The van der Waals surface area contributed by atoms with Crippen LogP contribution in [0.4, 0.5) is 5.69 Å². The fraction of sp³-hybridized carbons (Fsp3) is 0.115. The number of nitrogens with zero attached hydrogens (tertiary/aromatic N) is 1. The Labute approximate surface area is 206 Å². The number of carboxylic acids is 1. The molecule has 3 aromatic rings.